The number of anilines is 2. The lowest BCUT2D eigenvalue weighted by Crippen LogP contribution is -2.20. The Labute approximate surface area is 85.9 Å². The van der Waals surface area contributed by atoms with Gasteiger partial charge in [0.15, 0.2) is 0 Å². The van der Waals surface area contributed by atoms with E-state index in [1.807, 2.05) is 12.3 Å². The van der Waals surface area contributed by atoms with Crippen molar-refractivity contribution in [2.24, 2.45) is 5.92 Å². The van der Waals surface area contributed by atoms with Gasteiger partial charge in [0.2, 0.25) is 0 Å². The first-order valence-corrected chi connectivity index (χ1v) is 5.01. The molecule has 78 valence electrons. The van der Waals surface area contributed by atoms with E-state index >= 15 is 0 Å². The lowest BCUT2D eigenvalue weighted by atomic mass is 10.1. The van der Waals surface area contributed by atoms with Crippen molar-refractivity contribution in [3.8, 4) is 0 Å². The van der Waals surface area contributed by atoms with Crippen LogP contribution in [-0.2, 0) is 0 Å². The molecule has 0 saturated heterocycles. The maximum absolute atomic E-state index is 5.66. The molecule has 2 N–H and O–H groups in total. The van der Waals surface area contributed by atoms with Crippen molar-refractivity contribution in [2.45, 2.75) is 20.3 Å². The van der Waals surface area contributed by atoms with E-state index in [1.54, 1.807) is 6.20 Å². The Morgan fingerprint density at radius 2 is 2.14 bits per heavy atom. The van der Waals surface area contributed by atoms with Crippen LogP contribution in [-0.4, -0.2) is 18.6 Å². The molecule has 1 aromatic rings. The SMILES string of the molecule is CC(C)CCN(C)c1cncc(N)c1. The Kier molecular flexibility index (Phi) is 3.74. The molecule has 14 heavy (non-hydrogen) atoms. The fourth-order valence-electron chi connectivity index (χ4n) is 1.23. The van der Waals surface area contributed by atoms with Gasteiger partial charge in [-0.15, -0.1) is 0 Å². The summed E-state index contributed by atoms with van der Waals surface area (Å²) in [6, 6.07) is 1.95. The first kappa shape index (κ1) is 10.8. The number of nitrogen functional groups attached to an aromatic ring is 1. The van der Waals surface area contributed by atoms with E-state index in [9.17, 15) is 0 Å². The zero-order valence-corrected chi connectivity index (χ0v) is 9.20. The molecule has 1 rings (SSSR count). The average molecular weight is 193 g/mol. The van der Waals surface area contributed by atoms with Crippen molar-refractivity contribution < 1.29 is 0 Å². The van der Waals surface area contributed by atoms with E-state index in [4.69, 9.17) is 5.73 Å². The number of hydrogen-bond donors (Lipinski definition) is 1. The van der Waals surface area contributed by atoms with Gasteiger partial charge in [0, 0.05) is 19.8 Å². The van der Waals surface area contributed by atoms with Crippen LogP contribution in [0.25, 0.3) is 0 Å². The monoisotopic (exact) mass is 193 g/mol. The van der Waals surface area contributed by atoms with Crippen LogP contribution in [0.15, 0.2) is 18.5 Å². The van der Waals surface area contributed by atoms with Crippen LogP contribution in [0.2, 0.25) is 0 Å². The molecule has 0 saturated carbocycles. The summed E-state index contributed by atoms with van der Waals surface area (Å²) in [6.07, 6.45) is 4.70. The number of hydrogen-bond acceptors (Lipinski definition) is 3. The molecule has 0 fully saturated rings. The second kappa shape index (κ2) is 4.84. The number of nitrogens with zero attached hydrogens (tertiary/aromatic N) is 2. The molecule has 0 atom stereocenters. The van der Waals surface area contributed by atoms with Crippen molar-refractivity contribution >= 4 is 11.4 Å². The maximum atomic E-state index is 5.66. The third-order valence-electron chi connectivity index (χ3n) is 2.23. The highest BCUT2D eigenvalue weighted by molar-refractivity contribution is 5.52. The minimum Gasteiger partial charge on any atom is -0.397 e. The van der Waals surface area contributed by atoms with Gasteiger partial charge in [-0.05, 0) is 18.4 Å². The summed E-state index contributed by atoms with van der Waals surface area (Å²) in [5.41, 5.74) is 7.47. The molecule has 1 heterocycles. The molecule has 0 aliphatic heterocycles. The third-order valence-corrected chi connectivity index (χ3v) is 2.23. The number of nitrogens with two attached hydrogens (primary N) is 1. The van der Waals surface area contributed by atoms with Crippen molar-refractivity contribution in [3.63, 3.8) is 0 Å². The van der Waals surface area contributed by atoms with Crippen LogP contribution in [0.1, 0.15) is 20.3 Å². The Bertz CT molecular complexity index is 284. The molecular weight excluding hydrogens is 174 g/mol. The lowest BCUT2D eigenvalue weighted by Gasteiger charge is -2.20. The summed E-state index contributed by atoms with van der Waals surface area (Å²) in [7, 11) is 2.07. The van der Waals surface area contributed by atoms with Crippen LogP contribution in [0.4, 0.5) is 11.4 Å². The number of rotatable bonds is 4. The summed E-state index contributed by atoms with van der Waals surface area (Å²) in [6.45, 7) is 5.50. The number of pyridine rings is 1. The highest BCUT2D eigenvalue weighted by Crippen LogP contribution is 2.15. The van der Waals surface area contributed by atoms with Crippen LogP contribution >= 0.6 is 0 Å². The molecule has 0 radical (unpaired) electrons. The Morgan fingerprint density at radius 3 is 2.71 bits per heavy atom. The normalized spacial score (nSPS) is 10.6. The summed E-state index contributed by atoms with van der Waals surface area (Å²) >= 11 is 0. The molecule has 1 aromatic heterocycles. The minimum absolute atomic E-state index is 0.721. The van der Waals surface area contributed by atoms with Gasteiger partial charge in [-0.1, -0.05) is 13.8 Å². The van der Waals surface area contributed by atoms with E-state index in [0.717, 1.165) is 23.8 Å². The van der Waals surface area contributed by atoms with Crippen molar-refractivity contribution in [1.29, 1.82) is 0 Å². The minimum atomic E-state index is 0.721. The second-order valence-corrected chi connectivity index (χ2v) is 4.08. The van der Waals surface area contributed by atoms with E-state index in [0.29, 0.717) is 0 Å². The Hall–Kier alpha value is -1.25. The van der Waals surface area contributed by atoms with Gasteiger partial charge < -0.3 is 10.6 Å². The van der Waals surface area contributed by atoms with Crippen LogP contribution < -0.4 is 10.6 Å². The number of aromatic nitrogens is 1. The van der Waals surface area contributed by atoms with E-state index < -0.39 is 0 Å². The zero-order valence-electron chi connectivity index (χ0n) is 9.20. The van der Waals surface area contributed by atoms with E-state index in [2.05, 4.69) is 30.8 Å². The molecule has 0 aliphatic carbocycles. The average Bonchev–Trinajstić information content (AvgIpc) is 2.14. The highest BCUT2D eigenvalue weighted by atomic mass is 15.1. The van der Waals surface area contributed by atoms with Crippen LogP contribution in [0.3, 0.4) is 0 Å². The van der Waals surface area contributed by atoms with Gasteiger partial charge in [0.05, 0.1) is 17.6 Å². The van der Waals surface area contributed by atoms with E-state index in [1.165, 1.54) is 6.42 Å². The molecule has 0 spiro atoms. The standard InChI is InChI=1S/C11H19N3/c1-9(2)4-5-14(3)11-6-10(12)7-13-8-11/h6-9H,4-5,12H2,1-3H3. The molecule has 0 bridgehead atoms. The summed E-state index contributed by atoms with van der Waals surface area (Å²) < 4.78 is 0. The van der Waals surface area contributed by atoms with Gasteiger partial charge in [-0.25, -0.2) is 0 Å². The van der Waals surface area contributed by atoms with Gasteiger partial charge in [-0.3, -0.25) is 4.98 Å². The Morgan fingerprint density at radius 1 is 1.43 bits per heavy atom. The molecule has 0 amide bonds. The van der Waals surface area contributed by atoms with Gasteiger partial charge in [-0.2, -0.15) is 0 Å². The largest absolute Gasteiger partial charge is 0.397 e. The molecule has 0 aliphatic rings. The quantitative estimate of drug-likeness (QED) is 0.796. The summed E-state index contributed by atoms with van der Waals surface area (Å²) in [5, 5.41) is 0. The fraction of sp³-hybridized carbons (Fsp3) is 0.545. The Balaban J connectivity index is 2.56. The molecule has 0 unspecified atom stereocenters. The third kappa shape index (κ3) is 3.24. The van der Waals surface area contributed by atoms with Crippen molar-refractivity contribution in [2.75, 3.05) is 24.2 Å². The second-order valence-electron chi connectivity index (χ2n) is 4.08. The van der Waals surface area contributed by atoms with Crippen LogP contribution in [0.5, 0.6) is 0 Å². The predicted molar refractivity (Wildman–Crippen MR) is 61.4 cm³/mol. The van der Waals surface area contributed by atoms with Crippen LogP contribution in [0, 0.1) is 5.92 Å². The molecule has 0 aromatic carbocycles. The fourth-order valence-corrected chi connectivity index (χ4v) is 1.23. The molecular formula is C11H19N3. The van der Waals surface area contributed by atoms with Crippen molar-refractivity contribution in [3.05, 3.63) is 18.5 Å². The van der Waals surface area contributed by atoms with E-state index in [-0.39, 0.29) is 0 Å². The first-order chi connectivity index (χ1) is 6.59. The summed E-state index contributed by atoms with van der Waals surface area (Å²) in [4.78, 5) is 6.25. The van der Waals surface area contributed by atoms with Crippen molar-refractivity contribution in [1.82, 2.24) is 4.98 Å². The molecule has 3 heteroatoms. The van der Waals surface area contributed by atoms with Gasteiger partial charge in [0.1, 0.15) is 0 Å². The summed E-state index contributed by atoms with van der Waals surface area (Å²) in [5.74, 6) is 0.728. The maximum Gasteiger partial charge on any atom is 0.0570 e. The topological polar surface area (TPSA) is 42.2 Å². The molecule has 3 nitrogen and oxygen atoms in total. The van der Waals surface area contributed by atoms with Gasteiger partial charge >= 0.3 is 0 Å². The van der Waals surface area contributed by atoms with Gasteiger partial charge in [0.25, 0.3) is 0 Å². The first-order valence-electron chi connectivity index (χ1n) is 5.01. The zero-order chi connectivity index (χ0) is 10.6. The smallest absolute Gasteiger partial charge is 0.0570 e. The predicted octanol–water partition coefficient (Wildman–Crippen LogP) is 2.15. The lowest BCUT2D eigenvalue weighted by molar-refractivity contribution is 0.585. The highest BCUT2D eigenvalue weighted by Gasteiger charge is 2.02.